The molecule has 0 heterocycles. The molecule has 0 saturated heterocycles. The van der Waals surface area contributed by atoms with Crippen molar-refractivity contribution in [2.24, 2.45) is 5.92 Å². The normalized spacial score (nSPS) is 14.9. The van der Waals surface area contributed by atoms with Gasteiger partial charge < -0.3 is 4.74 Å². The zero-order valence-corrected chi connectivity index (χ0v) is 10.4. The van der Waals surface area contributed by atoms with Crippen LogP contribution in [0.15, 0.2) is 42.5 Å². The van der Waals surface area contributed by atoms with Gasteiger partial charge in [0, 0.05) is 13.0 Å². The molecule has 0 aliphatic heterocycles. The fraction of sp³-hybridized carbons (Fsp3) is 0.333. The summed E-state index contributed by atoms with van der Waals surface area (Å²) in [6.45, 7) is 1.51. The minimum absolute atomic E-state index is 0.574. The Kier molecular flexibility index (Phi) is 3.92. The molecule has 0 spiro atoms. The van der Waals surface area contributed by atoms with Crippen molar-refractivity contribution < 1.29 is 13.5 Å². The van der Waals surface area contributed by atoms with Crippen molar-refractivity contribution in [1.82, 2.24) is 0 Å². The second-order valence-electron chi connectivity index (χ2n) is 4.46. The van der Waals surface area contributed by atoms with E-state index in [0.29, 0.717) is 0 Å². The van der Waals surface area contributed by atoms with Crippen molar-refractivity contribution in [3.8, 4) is 0 Å². The largest absolute Gasteiger partial charge is 0.376 e. The van der Waals surface area contributed by atoms with Crippen molar-refractivity contribution in [2.45, 2.75) is 19.5 Å². The van der Waals surface area contributed by atoms with E-state index in [4.69, 9.17) is 4.74 Å². The van der Waals surface area contributed by atoms with Crippen LogP contribution in [0.5, 0.6) is 0 Å². The first-order chi connectivity index (χ1) is 8.63. The Morgan fingerprint density at radius 1 is 1.00 bits per heavy atom. The molecule has 0 aliphatic rings. The maximum absolute atomic E-state index is 12.8. The molecule has 96 valence electrons. The second kappa shape index (κ2) is 5.44. The molecular weight excluding hydrogens is 234 g/mol. The Labute approximate surface area is 105 Å². The van der Waals surface area contributed by atoms with Crippen molar-refractivity contribution in [3.63, 3.8) is 0 Å². The van der Waals surface area contributed by atoms with Crippen molar-refractivity contribution in [1.29, 1.82) is 0 Å². The van der Waals surface area contributed by atoms with Gasteiger partial charge in [0.25, 0.3) is 0 Å². The Bertz CT molecular complexity index is 525. The molecule has 0 aromatic heterocycles. The van der Waals surface area contributed by atoms with Gasteiger partial charge in [-0.05, 0) is 22.4 Å². The lowest BCUT2D eigenvalue weighted by Gasteiger charge is -2.22. The van der Waals surface area contributed by atoms with E-state index in [1.54, 1.807) is 0 Å². The molecule has 2 rings (SSSR count). The fourth-order valence-electron chi connectivity index (χ4n) is 2.17. The van der Waals surface area contributed by atoms with Crippen molar-refractivity contribution >= 4 is 10.8 Å². The van der Waals surface area contributed by atoms with Gasteiger partial charge >= 0.3 is 0 Å². The number of rotatable bonds is 4. The minimum atomic E-state index is -2.39. The van der Waals surface area contributed by atoms with Crippen LogP contribution in [0.2, 0.25) is 0 Å². The van der Waals surface area contributed by atoms with Crippen LogP contribution in [0.1, 0.15) is 18.6 Å². The van der Waals surface area contributed by atoms with Gasteiger partial charge in [-0.1, -0.05) is 43.3 Å². The van der Waals surface area contributed by atoms with E-state index in [-0.39, 0.29) is 0 Å². The average molecular weight is 250 g/mol. The van der Waals surface area contributed by atoms with Crippen LogP contribution in [0.3, 0.4) is 0 Å². The summed E-state index contributed by atoms with van der Waals surface area (Å²) in [4.78, 5) is 0. The molecule has 0 bridgehead atoms. The molecule has 0 radical (unpaired) electrons. The summed E-state index contributed by atoms with van der Waals surface area (Å²) in [5, 5.41) is 2.14. The molecule has 18 heavy (non-hydrogen) atoms. The third-order valence-corrected chi connectivity index (χ3v) is 3.23. The maximum Gasteiger partial charge on any atom is 0.243 e. The monoisotopic (exact) mass is 250 g/mol. The van der Waals surface area contributed by atoms with Gasteiger partial charge in [-0.2, -0.15) is 0 Å². The quantitative estimate of drug-likeness (QED) is 0.780. The van der Waals surface area contributed by atoms with Crippen LogP contribution in [0.4, 0.5) is 8.78 Å². The molecule has 2 aromatic rings. The Balaban J connectivity index is 2.39. The second-order valence-corrected chi connectivity index (χ2v) is 4.46. The van der Waals surface area contributed by atoms with E-state index in [0.717, 1.165) is 16.3 Å². The molecule has 0 N–H and O–H groups in total. The lowest BCUT2D eigenvalue weighted by molar-refractivity contribution is -0.0234. The molecule has 2 aromatic carbocycles. The highest BCUT2D eigenvalue weighted by atomic mass is 19.3. The highest BCUT2D eigenvalue weighted by Crippen LogP contribution is 2.31. The maximum atomic E-state index is 12.8. The highest BCUT2D eigenvalue weighted by molar-refractivity contribution is 5.83. The zero-order valence-electron chi connectivity index (χ0n) is 10.4. The first kappa shape index (κ1) is 13.0. The number of hydrogen-bond acceptors (Lipinski definition) is 1. The highest BCUT2D eigenvalue weighted by Gasteiger charge is 2.26. The molecule has 0 fully saturated rings. The zero-order chi connectivity index (χ0) is 13.1. The van der Waals surface area contributed by atoms with E-state index in [1.165, 1.54) is 14.0 Å². The van der Waals surface area contributed by atoms with Crippen LogP contribution in [0.25, 0.3) is 10.8 Å². The van der Waals surface area contributed by atoms with Crippen molar-refractivity contribution in [3.05, 3.63) is 48.0 Å². The average Bonchev–Trinajstić information content (AvgIpc) is 2.39. The van der Waals surface area contributed by atoms with Crippen LogP contribution in [-0.4, -0.2) is 13.5 Å². The lowest BCUT2D eigenvalue weighted by atomic mass is 9.95. The van der Waals surface area contributed by atoms with E-state index >= 15 is 0 Å². The minimum Gasteiger partial charge on any atom is -0.376 e. The topological polar surface area (TPSA) is 9.23 Å². The number of hydrogen-bond donors (Lipinski definition) is 0. The van der Waals surface area contributed by atoms with Gasteiger partial charge in [-0.25, -0.2) is 8.78 Å². The van der Waals surface area contributed by atoms with Crippen LogP contribution in [-0.2, 0) is 4.74 Å². The Hall–Kier alpha value is -1.48. The van der Waals surface area contributed by atoms with Gasteiger partial charge in [0.15, 0.2) is 0 Å². The first-order valence-corrected chi connectivity index (χ1v) is 5.93. The predicted octanol–water partition coefficient (Wildman–Crippen LogP) is 4.43. The number of alkyl halides is 2. The van der Waals surface area contributed by atoms with E-state index < -0.39 is 18.4 Å². The smallest absolute Gasteiger partial charge is 0.243 e. The summed E-state index contributed by atoms with van der Waals surface area (Å²) in [7, 11) is 1.47. The van der Waals surface area contributed by atoms with E-state index in [1.807, 2.05) is 42.5 Å². The molecule has 0 saturated carbocycles. The summed E-state index contributed by atoms with van der Waals surface area (Å²) < 4.78 is 30.8. The lowest BCUT2D eigenvalue weighted by Crippen LogP contribution is -2.18. The number of ether oxygens (including phenoxy) is 1. The number of methoxy groups -OCH3 is 1. The van der Waals surface area contributed by atoms with E-state index in [2.05, 4.69) is 0 Å². The van der Waals surface area contributed by atoms with Gasteiger partial charge in [0.2, 0.25) is 6.43 Å². The van der Waals surface area contributed by atoms with Crippen LogP contribution < -0.4 is 0 Å². The molecule has 2 atom stereocenters. The molecular formula is C15H16F2O. The van der Waals surface area contributed by atoms with Crippen LogP contribution in [0, 0.1) is 5.92 Å². The summed E-state index contributed by atoms with van der Waals surface area (Å²) in [6.07, 6.45) is -2.96. The van der Waals surface area contributed by atoms with Gasteiger partial charge in [-0.3, -0.25) is 0 Å². The standard InChI is InChI=1S/C15H16F2O/c1-10(15(16)17)14(18-2)13-8-7-11-5-3-4-6-12(11)9-13/h3-10,14-15H,1-2H3. The summed E-state index contributed by atoms with van der Waals surface area (Å²) in [5.74, 6) is -0.823. The third kappa shape index (κ3) is 2.51. The molecule has 3 heteroatoms. The SMILES string of the molecule is COC(c1ccc2ccccc2c1)C(C)C(F)F. The van der Waals surface area contributed by atoms with Crippen molar-refractivity contribution in [2.75, 3.05) is 7.11 Å². The van der Waals surface area contributed by atoms with Crippen LogP contribution >= 0.6 is 0 Å². The molecule has 0 amide bonds. The van der Waals surface area contributed by atoms with E-state index in [9.17, 15) is 8.78 Å². The fourth-order valence-corrected chi connectivity index (χ4v) is 2.17. The molecule has 1 nitrogen and oxygen atoms in total. The number of fused-ring (bicyclic) bond motifs is 1. The van der Waals surface area contributed by atoms with Gasteiger partial charge in [-0.15, -0.1) is 0 Å². The van der Waals surface area contributed by atoms with Gasteiger partial charge in [0.05, 0.1) is 6.10 Å². The van der Waals surface area contributed by atoms with Gasteiger partial charge in [0.1, 0.15) is 0 Å². The summed E-state index contributed by atoms with van der Waals surface area (Å²) in [6, 6.07) is 13.6. The molecule has 2 unspecified atom stereocenters. The Morgan fingerprint density at radius 2 is 1.67 bits per heavy atom. The number of benzene rings is 2. The summed E-state index contributed by atoms with van der Waals surface area (Å²) in [5.41, 5.74) is 0.795. The molecule has 0 aliphatic carbocycles. The summed E-state index contributed by atoms with van der Waals surface area (Å²) >= 11 is 0. The Morgan fingerprint density at radius 3 is 2.28 bits per heavy atom. The first-order valence-electron chi connectivity index (χ1n) is 5.93. The number of halogens is 2. The third-order valence-electron chi connectivity index (χ3n) is 3.23. The predicted molar refractivity (Wildman–Crippen MR) is 68.9 cm³/mol.